The first-order valence-electron chi connectivity index (χ1n) is 6.33. The molecule has 4 nitrogen and oxygen atoms in total. The molecule has 0 radical (unpaired) electrons. The van der Waals surface area contributed by atoms with Crippen LogP contribution in [0.3, 0.4) is 0 Å². The Bertz CT molecular complexity index is 440. The Morgan fingerprint density at radius 1 is 1.25 bits per heavy atom. The van der Waals surface area contributed by atoms with Gasteiger partial charge in [-0.2, -0.15) is 5.75 Å². The summed E-state index contributed by atoms with van der Waals surface area (Å²) in [6.07, 6.45) is 4.66. The van der Waals surface area contributed by atoms with Crippen LogP contribution < -0.4 is 5.32 Å². The number of nitrogens with one attached hydrogen (secondary N) is 1. The van der Waals surface area contributed by atoms with Crippen LogP contribution in [0, 0.1) is 0 Å². The minimum absolute atomic E-state index is 0. The van der Waals surface area contributed by atoms with Crippen LogP contribution >= 0.6 is 0 Å². The van der Waals surface area contributed by atoms with E-state index in [2.05, 4.69) is 5.32 Å². The zero-order chi connectivity index (χ0) is 14.1. The van der Waals surface area contributed by atoms with E-state index in [1.807, 2.05) is 0 Å². The number of carbonyl (C=O) groups excluding carboxylic acids is 2. The average Bonchev–Trinajstić information content (AvgIpc) is 2.43. The molecular formula is C14H18NO3PdS-. The van der Waals surface area contributed by atoms with Gasteiger partial charge in [0.1, 0.15) is 12.0 Å². The van der Waals surface area contributed by atoms with Crippen molar-refractivity contribution in [1.29, 1.82) is 0 Å². The molecule has 6 heteroatoms. The van der Waals surface area contributed by atoms with Crippen LogP contribution in [0.1, 0.15) is 46.4 Å². The molecular weight excluding hydrogens is 369 g/mol. The molecule has 0 aliphatic rings. The van der Waals surface area contributed by atoms with Gasteiger partial charge in [0.2, 0.25) is 0 Å². The molecule has 20 heavy (non-hydrogen) atoms. The quantitative estimate of drug-likeness (QED) is 0.310. The van der Waals surface area contributed by atoms with E-state index in [1.165, 1.54) is 18.2 Å². The van der Waals surface area contributed by atoms with E-state index in [0.717, 1.165) is 31.4 Å². The number of aromatic hydroxyl groups is 1. The number of rotatable bonds is 8. The molecule has 0 saturated heterocycles. The van der Waals surface area contributed by atoms with Gasteiger partial charge in [0, 0.05) is 32.5 Å². The summed E-state index contributed by atoms with van der Waals surface area (Å²) < 4.78 is 0. The van der Waals surface area contributed by atoms with Crippen molar-refractivity contribution in [3.05, 3.63) is 29.3 Å². The molecule has 1 rings (SSSR count). The SMILES string of the molecule is O=Cc1ccc(O)c(C(=O)NCCCCCC[S-])c1.[Pd]. The molecule has 0 bridgehead atoms. The third-order valence-corrected chi connectivity index (χ3v) is 3.05. The fourth-order valence-electron chi connectivity index (χ4n) is 1.69. The van der Waals surface area contributed by atoms with E-state index in [4.69, 9.17) is 12.6 Å². The van der Waals surface area contributed by atoms with Gasteiger partial charge in [0.05, 0.1) is 5.56 Å². The molecule has 0 saturated carbocycles. The van der Waals surface area contributed by atoms with E-state index in [0.29, 0.717) is 18.4 Å². The number of aldehydes is 1. The smallest absolute Gasteiger partial charge is 0.255 e. The van der Waals surface area contributed by atoms with E-state index in [1.54, 1.807) is 0 Å². The van der Waals surface area contributed by atoms with Gasteiger partial charge in [0.25, 0.3) is 5.91 Å². The molecule has 0 atom stereocenters. The van der Waals surface area contributed by atoms with Gasteiger partial charge in [-0.1, -0.05) is 19.3 Å². The summed E-state index contributed by atoms with van der Waals surface area (Å²) in [7, 11) is 0. The number of unbranched alkanes of at least 4 members (excludes halogenated alkanes) is 3. The average molecular weight is 387 g/mol. The van der Waals surface area contributed by atoms with Crippen LogP contribution in [0.25, 0.3) is 0 Å². The Labute approximate surface area is 138 Å². The summed E-state index contributed by atoms with van der Waals surface area (Å²) in [5.74, 6) is 0.303. The zero-order valence-corrected chi connectivity index (χ0v) is 13.4. The van der Waals surface area contributed by atoms with Crippen LogP contribution in [0.15, 0.2) is 18.2 Å². The van der Waals surface area contributed by atoms with Crippen molar-refractivity contribution in [2.75, 3.05) is 12.3 Å². The van der Waals surface area contributed by atoms with Crippen molar-refractivity contribution in [3.63, 3.8) is 0 Å². The Hall–Kier alpha value is -0.828. The Morgan fingerprint density at radius 2 is 1.95 bits per heavy atom. The van der Waals surface area contributed by atoms with Crippen molar-refractivity contribution in [2.45, 2.75) is 25.7 Å². The molecule has 1 amide bonds. The topological polar surface area (TPSA) is 66.4 Å². The predicted octanol–water partition coefficient (Wildman–Crippen LogP) is 2.04. The van der Waals surface area contributed by atoms with Gasteiger partial charge >= 0.3 is 0 Å². The van der Waals surface area contributed by atoms with Crippen molar-refractivity contribution in [1.82, 2.24) is 5.32 Å². The third kappa shape index (κ3) is 6.56. The number of amides is 1. The standard InChI is InChI=1S/C14H19NO3S.Pd/c16-10-11-5-6-13(17)12(9-11)14(18)15-7-3-1-2-4-8-19;/h5-6,9-10,17,19H,1-4,7-8H2,(H,15,18);/p-1. The number of benzene rings is 1. The van der Waals surface area contributed by atoms with Gasteiger partial charge < -0.3 is 23.1 Å². The normalized spacial score (nSPS) is 9.65. The van der Waals surface area contributed by atoms with E-state index < -0.39 is 0 Å². The molecule has 0 fully saturated rings. The second-order valence-electron chi connectivity index (χ2n) is 4.27. The number of phenols is 1. The first-order chi connectivity index (χ1) is 9.19. The maximum Gasteiger partial charge on any atom is 0.255 e. The van der Waals surface area contributed by atoms with E-state index in [-0.39, 0.29) is 37.6 Å². The monoisotopic (exact) mass is 386 g/mol. The van der Waals surface area contributed by atoms with E-state index in [9.17, 15) is 14.7 Å². The van der Waals surface area contributed by atoms with Gasteiger partial charge in [0.15, 0.2) is 0 Å². The largest absolute Gasteiger partial charge is 0.793 e. The molecule has 0 aliphatic heterocycles. The molecule has 0 heterocycles. The number of hydrogen-bond donors (Lipinski definition) is 2. The van der Waals surface area contributed by atoms with Crippen molar-refractivity contribution in [3.8, 4) is 5.75 Å². The van der Waals surface area contributed by atoms with Gasteiger partial charge in [-0.15, -0.1) is 0 Å². The van der Waals surface area contributed by atoms with Gasteiger partial charge in [-0.05, 0) is 24.6 Å². The van der Waals surface area contributed by atoms with Crippen molar-refractivity contribution in [2.24, 2.45) is 0 Å². The Kier molecular flexibility index (Phi) is 10.4. The summed E-state index contributed by atoms with van der Waals surface area (Å²) in [4.78, 5) is 22.5. The van der Waals surface area contributed by atoms with Crippen molar-refractivity contribution >= 4 is 24.8 Å². The Balaban J connectivity index is 0.00000361. The number of hydrogen-bond acceptors (Lipinski definition) is 4. The fraction of sp³-hybridized carbons (Fsp3) is 0.429. The van der Waals surface area contributed by atoms with Gasteiger partial charge in [-0.25, -0.2) is 0 Å². The van der Waals surface area contributed by atoms with Crippen LogP contribution in [0.5, 0.6) is 5.75 Å². The van der Waals surface area contributed by atoms with Crippen LogP contribution in [-0.2, 0) is 33.1 Å². The van der Waals surface area contributed by atoms with Crippen LogP contribution in [-0.4, -0.2) is 29.6 Å². The second kappa shape index (κ2) is 10.9. The molecule has 0 spiro atoms. The summed E-state index contributed by atoms with van der Waals surface area (Å²) in [5, 5.41) is 12.3. The summed E-state index contributed by atoms with van der Waals surface area (Å²) >= 11 is 4.85. The first kappa shape index (κ1) is 19.2. The molecule has 0 unspecified atom stereocenters. The van der Waals surface area contributed by atoms with Crippen LogP contribution in [0.2, 0.25) is 0 Å². The summed E-state index contributed by atoms with van der Waals surface area (Å²) in [6.45, 7) is 0.557. The van der Waals surface area contributed by atoms with Crippen molar-refractivity contribution < 1.29 is 35.1 Å². The van der Waals surface area contributed by atoms with E-state index >= 15 is 0 Å². The molecule has 1 aromatic rings. The molecule has 0 aromatic heterocycles. The minimum atomic E-state index is -0.357. The summed E-state index contributed by atoms with van der Waals surface area (Å²) in [5.41, 5.74) is 0.503. The molecule has 0 aliphatic carbocycles. The molecule has 114 valence electrons. The minimum Gasteiger partial charge on any atom is -0.793 e. The van der Waals surface area contributed by atoms with Gasteiger partial charge in [-0.3, -0.25) is 9.59 Å². The first-order valence-corrected chi connectivity index (χ1v) is 6.91. The maximum atomic E-state index is 11.8. The van der Waals surface area contributed by atoms with Crippen LogP contribution in [0.4, 0.5) is 0 Å². The predicted molar refractivity (Wildman–Crippen MR) is 76.5 cm³/mol. The molecule has 1 aromatic carbocycles. The number of carbonyl (C=O) groups is 2. The third-order valence-electron chi connectivity index (χ3n) is 2.76. The number of phenolic OH excluding ortho intramolecular Hbond substituents is 1. The Morgan fingerprint density at radius 3 is 2.60 bits per heavy atom. The molecule has 2 N–H and O–H groups in total. The fourth-order valence-corrected chi connectivity index (χ4v) is 1.89. The zero-order valence-electron chi connectivity index (χ0n) is 11.0. The second-order valence-corrected chi connectivity index (χ2v) is 4.68. The maximum absolute atomic E-state index is 11.8. The summed E-state index contributed by atoms with van der Waals surface area (Å²) in [6, 6.07) is 4.20.